The first-order valence-electron chi connectivity index (χ1n) is 5.85. The molecule has 1 aromatic rings. The summed E-state index contributed by atoms with van der Waals surface area (Å²) in [6.07, 6.45) is 3.37. The van der Waals surface area contributed by atoms with Crippen LogP contribution in [-0.4, -0.2) is 17.3 Å². The van der Waals surface area contributed by atoms with Crippen LogP contribution in [0.1, 0.15) is 31.2 Å². The number of nitrogens with zero attached hydrogens (tertiary/aromatic N) is 1. The van der Waals surface area contributed by atoms with Crippen LogP contribution in [0, 0.1) is 17.1 Å². The van der Waals surface area contributed by atoms with E-state index in [4.69, 9.17) is 5.26 Å². The Morgan fingerprint density at radius 1 is 1.35 bits per heavy atom. The normalized spacial score (nSPS) is 24.1. The molecule has 1 fully saturated rings. The fraction of sp³-hybridized carbons (Fsp3) is 0.462. The van der Waals surface area contributed by atoms with E-state index in [-0.39, 0.29) is 17.7 Å². The Morgan fingerprint density at radius 2 is 2.12 bits per heavy atom. The van der Waals surface area contributed by atoms with E-state index in [2.05, 4.69) is 5.32 Å². The molecule has 0 heterocycles. The highest BCUT2D eigenvalue weighted by Crippen LogP contribution is 2.24. The molecule has 0 spiro atoms. The van der Waals surface area contributed by atoms with Gasteiger partial charge < -0.3 is 10.4 Å². The lowest BCUT2D eigenvalue weighted by Gasteiger charge is -2.29. The van der Waals surface area contributed by atoms with Crippen molar-refractivity contribution < 1.29 is 9.50 Å². The van der Waals surface area contributed by atoms with Gasteiger partial charge in [-0.05, 0) is 31.0 Å². The van der Waals surface area contributed by atoms with Crippen molar-refractivity contribution in [3.05, 3.63) is 29.6 Å². The predicted molar refractivity (Wildman–Crippen MR) is 63.0 cm³/mol. The third-order valence-electron chi connectivity index (χ3n) is 3.17. The molecule has 0 radical (unpaired) electrons. The molecular weight excluding hydrogens is 219 g/mol. The molecule has 90 valence electrons. The highest BCUT2D eigenvalue weighted by Gasteiger charge is 2.23. The zero-order chi connectivity index (χ0) is 12.3. The summed E-state index contributed by atoms with van der Waals surface area (Å²) >= 11 is 0. The van der Waals surface area contributed by atoms with E-state index >= 15 is 0 Å². The number of nitrogens with one attached hydrogen (secondary N) is 1. The number of anilines is 1. The van der Waals surface area contributed by atoms with Gasteiger partial charge in [0.05, 0.1) is 23.4 Å². The maximum Gasteiger partial charge on any atom is 0.124 e. The van der Waals surface area contributed by atoms with Crippen molar-refractivity contribution in [2.75, 3.05) is 5.32 Å². The summed E-state index contributed by atoms with van der Waals surface area (Å²) in [7, 11) is 0. The lowest BCUT2D eigenvalue weighted by molar-refractivity contribution is 0.116. The summed E-state index contributed by atoms with van der Waals surface area (Å²) in [6, 6.07) is 5.99. The van der Waals surface area contributed by atoms with Crippen molar-refractivity contribution >= 4 is 5.69 Å². The van der Waals surface area contributed by atoms with Crippen molar-refractivity contribution in [3.8, 4) is 6.07 Å². The van der Waals surface area contributed by atoms with Crippen LogP contribution in [0.15, 0.2) is 18.2 Å². The van der Waals surface area contributed by atoms with E-state index in [0.717, 1.165) is 25.7 Å². The molecule has 1 aliphatic carbocycles. The van der Waals surface area contributed by atoms with Gasteiger partial charge in [-0.25, -0.2) is 4.39 Å². The third kappa shape index (κ3) is 2.75. The molecule has 0 saturated heterocycles. The standard InChI is InChI=1S/C13H15FN2O/c14-10-5-6-11(9(7-10)8-15)16-12-3-1-2-4-13(12)17/h5-7,12-13,16-17H,1-4H2. The van der Waals surface area contributed by atoms with Crippen molar-refractivity contribution in [2.24, 2.45) is 0 Å². The first-order chi connectivity index (χ1) is 8.20. The van der Waals surface area contributed by atoms with Gasteiger partial charge in [0, 0.05) is 0 Å². The molecule has 2 unspecified atom stereocenters. The van der Waals surface area contributed by atoms with Crippen LogP contribution in [-0.2, 0) is 0 Å². The van der Waals surface area contributed by atoms with Crippen LogP contribution in [0.2, 0.25) is 0 Å². The first kappa shape index (κ1) is 11.9. The van der Waals surface area contributed by atoms with E-state index in [9.17, 15) is 9.50 Å². The molecule has 0 amide bonds. The average Bonchev–Trinajstić information content (AvgIpc) is 2.34. The maximum absolute atomic E-state index is 13.0. The molecule has 0 aromatic heterocycles. The Morgan fingerprint density at radius 3 is 2.82 bits per heavy atom. The zero-order valence-electron chi connectivity index (χ0n) is 9.49. The van der Waals surface area contributed by atoms with Crippen LogP contribution >= 0.6 is 0 Å². The Labute approximate surface area is 99.9 Å². The number of hydrogen-bond acceptors (Lipinski definition) is 3. The molecule has 1 aromatic carbocycles. The van der Waals surface area contributed by atoms with Gasteiger partial charge in [0.15, 0.2) is 0 Å². The summed E-state index contributed by atoms with van der Waals surface area (Å²) in [5.74, 6) is -0.420. The first-order valence-corrected chi connectivity index (χ1v) is 5.85. The molecule has 2 rings (SSSR count). The second kappa shape index (κ2) is 5.15. The molecule has 2 N–H and O–H groups in total. The van der Waals surface area contributed by atoms with Gasteiger partial charge in [-0.3, -0.25) is 0 Å². The molecule has 1 aliphatic rings. The van der Waals surface area contributed by atoms with Gasteiger partial charge >= 0.3 is 0 Å². The van der Waals surface area contributed by atoms with Crippen LogP contribution in [0.3, 0.4) is 0 Å². The number of aliphatic hydroxyl groups is 1. The third-order valence-corrected chi connectivity index (χ3v) is 3.17. The molecule has 0 aliphatic heterocycles. The van der Waals surface area contributed by atoms with Crippen molar-refractivity contribution in [2.45, 2.75) is 37.8 Å². The molecule has 17 heavy (non-hydrogen) atoms. The Bertz CT molecular complexity index is 442. The average molecular weight is 234 g/mol. The lowest BCUT2D eigenvalue weighted by Crippen LogP contribution is -2.36. The smallest absolute Gasteiger partial charge is 0.124 e. The van der Waals surface area contributed by atoms with E-state index in [1.807, 2.05) is 6.07 Å². The highest BCUT2D eigenvalue weighted by atomic mass is 19.1. The minimum absolute atomic E-state index is 0.0405. The van der Waals surface area contributed by atoms with Crippen LogP contribution < -0.4 is 5.32 Å². The van der Waals surface area contributed by atoms with E-state index < -0.39 is 5.82 Å². The molecule has 2 atom stereocenters. The number of nitriles is 1. The monoisotopic (exact) mass is 234 g/mol. The largest absolute Gasteiger partial charge is 0.391 e. The van der Waals surface area contributed by atoms with E-state index in [1.54, 1.807) is 6.07 Å². The number of hydrogen-bond donors (Lipinski definition) is 2. The maximum atomic E-state index is 13.0. The number of benzene rings is 1. The summed E-state index contributed by atoms with van der Waals surface area (Å²) in [6.45, 7) is 0. The SMILES string of the molecule is N#Cc1cc(F)ccc1NC1CCCCC1O. The molecule has 0 bridgehead atoms. The zero-order valence-corrected chi connectivity index (χ0v) is 9.49. The fourth-order valence-electron chi connectivity index (χ4n) is 2.21. The van der Waals surface area contributed by atoms with Gasteiger partial charge in [-0.1, -0.05) is 12.8 Å². The quantitative estimate of drug-likeness (QED) is 0.826. The summed E-state index contributed by atoms with van der Waals surface area (Å²) in [5, 5.41) is 21.9. The molecular formula is C13H15FN2O. The Kier molecular flexibility index (Phi) is 3.60. The topological polar surface area (TPSA) is 56.0 Å². The second-order valence-corrected chi connectivity index (χ2v) is 4.40. The van der Waals surface area contributed by atoms with Crippen molar-refractivity contribution in [3.63, 3.8) is 0 Å². The number of halogens is 1. The number of aliphatic hydroxyl groups excluding tert-OH is 1. The van der Waals surface area contributed by atoms with Gasteiger partial charge in [0.25, 0.3) is 0 Å². The molecule has 3 nitrogen and oxygen atoms in total. The van der Waals surface area contributed by atoms with Crippen molar-refractivity contribution in [1.82, 2.24) is 0 Å². The Hall–Kier alpha value is -1.60. The number of rotatable bonds is 2. The van der Waals surface area contributed by atoms with Gasteiger partial charge in [-0.15, -0.1) is 0 Å². The van der Waals surface area contributed by atoms with E-state index in [0.29, 0.717) is 5.69 Å². The van der Waals surface area contributed by atoms with Crippen LogP contribution in [0.4, 0.5) is 10.1 Å². The summed E-state index contributed by atoms with van der Waals surface area (Å²) < 4.78 is 13.0. The second-order valence-electron chi connectivity index (χ2n) is 4.40. The lowest BCUT2D eigenvalue weighted by atomic mass is 9.92. The summed E-state index contributed by atoms with van der Waals surface area (Å²) in [5.41, 5.74) is 0.877. The van der Waals surface area contributed by atoms with Crippen molar-refractivity contribution in [1.29, 1.82) is 5.26 Å². The Balaban J connectivity index is 2.15. The fourth-order valence-corrected chi connectivity index (χ4v) is 2.21. The minimum Gasteiger partial charge on any atom is -0.391 e. The van der Waals surface area contributed by atoms with Crippen LogP contribution in [0.25, 0.3) is 0 Å². The predicted octanol–water partition coefficient (Wildman–Crippen LogP) is 2.41. The summed E-state index contributed by atoms with van der Waals surface area (Å²) in [4.78, 5) is 0. The molecule has 4 heteroatoms. The van der Waals surface area contributed by atoms with E-state index in [1.165, 1.54) is 12.1 Å². The molecule has 1 saturated carbocycles. The van der Waals surface area contributed by atoms with Gasteiger partial charge in [0.1, 0.15) is 11.9 Å². The van der Waals surface area contributed by atoms with Gasteiger partial charge in [0.2, 0.25) is 0 Å². The minimum atomic E-state index is -0.420. The van der Waals surface area contributed by atoms with Crippen LogP contribution in [0.5, 0.6) is 0 Å². The van der Waals surface area contributed by atoms with Gasteiger partial charge in [-0.2, -0.15) is 5.26 Å². The highest BCUT2D eigenvalue weighted by molar-refractivity contribution is 5.58.